The van der Waals surface area contributed by atoms with Crippen LogP contribution in [-0.2, 0) is 11.5 Å². The third-order valence-corrected chi connectivity index (χ3v) is 3.58. The van der Waals surface area contributed by atoms with E-state index in [2.05, 4.69) is 60.2 Å². The highest BCUT2D eigenvalue weighted by Gasteiger charge is 2.29. The first-order valence-electron chi connectivity index (χ1n) is 5.33. The molecule has 11 heteroatoms. The average Bonchev–Trinajstić information content (AvgIpc) is 2.10. The maximum Gasteiger partial charge on any atom is 0.365 e. The Bertz CT molecular complexity index is 352. The molecule has 1 heterocycles. The lowest BCUT2D eigenvalue weighted by atomic mass is 10.8. The van der Waals surface area contributed by atoms with Crippen molar-refractivity contribution in [2.75, 3.05) is 42.3 Å². The molecule has 0 unspecified atom stereocenters. The minimum atomic E-state index is -4.05. The van der Waals surface area contributed by atoms with Gasteiger partial charge in [0.15, 0.2) is 0 Å². The maximum atomic E-state index is 11.8. The Kier molecular flexibility index (Phi) is 7.41. The minimum Gasteiger partial charge on any atom is -0.369 e. The van der Waals surface area contributed by atoms with Crippen molar-refractivity contribution in [3.05, 3.63) is 5.32 Å². The molecule has 0 aromatic heterocycles. The third kappa shape index (κ3) is 7.03. The van der Waals surface area contributed by atoms with E-state index in [9.17, 15) is 17.6 Å². The highest BCUT2D eigenvalue weighted by atomic mass is 32.2. The summed E-state index contributed by atoms with van der Waals surface area (Å²) in [4.78, 5) is 4.25. The van der Waals surface area contributed by atoms with Crippen molar-refractivity contribution in [3.8, 4) is 0 Å². The second-order valence-corrected chi connectivity index (χ2v) is 6.75. The highest BCUT2D eigenvalue weighted by molar-refractivity contribution is 7.90. The van der Waals surface area contributed by atoms with Gasteiger partial charge in [0.2, 0.25) is 6.09 Å². The number of halogens is 4. The standard InChI is InChI=1S/C6H18N3S.C3F4N3/c1-7(2)10(8(3)4)9(5)6;4-1-8-2(5)10-3(6,7)9-1/h1-6H3;/q+1;-1. The minimum absolute atomic E-state index is 0.120. The fourth-order valence-corrected chi connectivity index (χ4v) is 3.31. The number of hydrogen-bond donors (Lipinski definition) is 0. The number of rotatable bonds is 3. The third-order valence-electron chi connectivity index (χ3n) is 1.62. The lowest BCUT2D eigenvalue weighted by Gasteiger charge is -2.22. The van der Waals surface area contributed by atoms with Crippen LogP contribution in [-0.4, -0.2) is 73.6 Å². The molecule has 0 aliphatic carbocycles. The summed E-state index contributed by atoms with van der Waals surface area (Å²) in [6.07, 6.45) is -7.66. The number of amidine groups is 2. The van der Waals surface area contributed by atoms with E-state index in [-0.39, 0.29) is 11.5 Å². The fraction of sp³-hybridized carbons (Fsp3) is 0.778. The summed E-state index contributed by atoms with van der Waals surface area (Å²) in [6.45, 7) is 0. The van der Waals surface area contributed by atoms with Crippen LogP contribution in [0.2, 0.25) is 0 Å². The zero-order valence-electron chi connectivity index (χ0n) is 12.1. The summed E-state index contributed by atoms with van der Waals surface area (Å²) in [5, 5.41) is 1.99. The van der Waals surface area contributed by atoms with E-state index in [0.29, 0.717) is 0 Å². The molecule has 0 saturated carbocycles. The predicted octanol–water partition coefficient (Wildman–Crippen LogP) is 1.61. The van der Waals surface area contributed by atoms with Crippen LogP contribution in [0.25, 0.3) is 5.32 Å². The quantitative estimate of drug-likeness (QED) is 0.451. The van der Waals surface area contributed by atoms with Gasteiger partial charge < -0.3 is 10.3 Å². The van der Waals surface area contributed by atoms with Crippen molar-refractivity contribution >= 4 is 23.6 Å². The van der Waals surface area contributed by atoms with Gasteiger partial charge in [-0.3, -0.25) is 0 Å². The lowest BCUT2D eigenvalue weighted by Crippen LogP contribution is -2.44. The average molecular weight is 318 g/mol. The second kappa shape index (κ2) is 7.76. The first-order valence-corrected chi connectivity index (χ1v) is 6.42. The summed E-state index contributed by atoms with van der Waals surface area (Å²) in [5.74, 6) is 0. The fourth-order valence-electron chi connectivity index (χ4n) is 1.35. The summed E-state index contributed by atoms with van der Waals surface area (Å²) in [6, 6.07) is 0. The van der Waals surface area contributed by atoms with Gasteiger partial charge in [-0.15, -0.1) is 0 Å². The zero-order valence-corrected chi connectivity index (χ0v) is 12.9. The summed E-state index contributed by atoms with van der Waals surface area (Å²) < 4.78 is 53.6. The molecule has 0 N–H and O–H groups in total. The van der Waals surface area contributed by atoms with E-state index < -0.39 is 18.3 Å². The highest BCUT2D eigenvalue weighted by Crippen LogP contribution is 2.27. The van der Waals surface area contributed by atoms with Crippen LogP contribution in [0.4, 0.5) is 17.6 Å². The zero-order chi connectivity index (χ0) is 16.1. The van der Waals surface area contributed by atoms with Crippen LogP contribution in [0.15, 0.2) is 9.98 Å². The van der Waals surface area contributed by atoms with Gasteiger partial charge >= 0.3 is 6.17 Å². The van der Waals surface area contributed by atoms with Gasteiger partial charge in [0.1, 0.15) is 6.09 Å². The van der Waals surface area contributed by atoms with E-state index in [1.165, 1.54) is 0 Å². The number of alkyl halides is 2. The van der Waals surface area contributed by atoms with E-state index in [0.717, 1.165) is 0 Å². The van der Waals surface area contributed by atoms with Gasteiger partial charge in [-0.1, -0.05) is 12.9 Å². The topological polar surface area (TPSA) is 48.5 Å². The monoisotopic (exact) mass is 318 g/mol. The lowest BCUT2D eigenvalue weighted by molar-refractivity contribution is 0.0551. The molecule has 0 aromatic carbocycles. The maximum absolute atomic E-state index is 11.8. The second-order valence-electron chi connectivity index (χ2n) is 4.06. The van der Waals surface area contributed by atoms with Crippen LogP contribution in [0.1, 0.15) is 0 Å². The van der Waals surface area contributed by atoms with E-state index in [1.807, 2.05) is 10.3 Å². The summed E-state index contributed by atoms with van der Waals surface area (Å²) in [7, 11) is 12.5. The Hall–Kier alpha value is -0.910. The van der Waals surface area contributed by atoms with Crippen molar-refractivity contribution < 1.29 is 17.6 Å². The van der Waals surface area contributed by atoms with Gasteiger partial charge in [0, 0.05) is 42.3 Å². The molecular weight excluding hydrogens is 300 g/mol. The Labute approximate surface area is 118 Å². The van der Waals surface area contributed by atoms with Crippen molar-refractivity contribution in [3.63, 3.8) is 0 Å². The molecular formula is C9H18F4N6S. The molecule has 6 nitrogen and oxygen atoms in total. The van der Waals surface area contributed by atoms with Crippen LogP contribution >= 0.6 is 0 Å². The van der Waals surface area contributed by atoms with Crippen LogP contribution in [0, 0.1) is 0 Å². The predicted molar refractivity (Wildman–Crippen MR) is 73.8 cm³/mol. The Morgan fingerprint density at radius 3 is 1.55 bits per heavy atom. The molecule has 0 atom stereocenters. The van der Waals surface area contributed by atoms with Gasteiger partial charge in [0.05, 0.1) is 0 Å². The van der Waals surface area contributed by atoms with Crippen molar-refractivity contribution in [1.29, 1.82) is 0 Å². The van der Waals surface area contributed by atoms with Gasteiger partial charge in [-0.25, -0.2) is 4.39 Å². The smallest absolute Gasteiger partial charge is 0.365 e. The van der Waals surface area contributed by atoms with E-state index in [1.54, 1.807) is 0 Å². The van der Waals surface area contributed by atoms with E-state index in [4.69, 9.17) is 0 Å². The van der Waals surface area contributed by atoms with Crippen molar-refractivity contribution in [1.82, 2.24) is 12.9 Å². The Morgan fingerprint density at radius 2 is 1.35 bits per heavy atom. The molecule has 0 bridgehead atoms. The van der Waals surface area contributed by atoms with Crippen LogP contribution < -0.4 is 0 Å². The molecule has 0 saturated heterocycles. The molecule has 1 rings (SSSR count). The first kappa shape index (κ1) is 19.1. The number of aliphatic imine (C=N–C) groups is 2. The summed E-state index contributed by atoms with van der Waals surface area (Å²) in [5.41, 5.74) is 0. The number of nitrogens with zero attached hydrogens (tertiary/aromatic N) is 6. The molecule has 1 aliphatic rings. The normalized spacial score (nSPS) is 17.7. The van der Waals surface area contributed by atoms with Crippen molar-refractivity contribution in [2.24, 2.45) is 9.98 Å². The molecule has 0 radical (unpaired) electrons. The van der Waals surface area contributed by atoms with Crippen LogP contribution in [0.3, 0.4) is 0 Å². The number of hydrogen-bond acceptors (Lipinski definition) is 5. The van der Waals surface area contributed by atoms with Crippen molar-refractivity contribution in [2.45, 2.75) is 6.17 Å². The SMILES string of the molecule is CN(C)[S+](N(C)C)N(C)C.FC1=NC(F)(F)[N-]C(F)=N1. The molecule has 0 spiro atoms. The molecule has 0 amide bonds. The van der Waals surface area contributed by atoms with Gasteiger partial charge in [-0.2, -0.15) is 18.2 Å². The Morgan fingerprint density at radius 1 is 0.950 bits per heavy atom. The first-order chi connectivity index (χ1) is 8.96. The molecule has 1 aliphatic heterocycles. The molecule has 118 valence electrons. The van der Waals surface area contributed by atoms with Crippen LogP contribution in [0.5, 0.6) is 0 Å². The van der Waals surface area contributed by atoms with Gasteiger partial charge in [0.25, 0.3) is 11.5 Å². The molecule has 20 heavy (non-hydrogen) atoms. The summed E-state index contributed by atoms with van der Waals surface area (Å²) >= 11 is 0.120. The Balaban J connectivity index is 0.000000361. The van der Waals surface area contributed by atoms with Gasteiger partial charge in [-0.05, 0) is 0 Å². The molecule has 0 aromatic rings. The largest absolute Gasteiger partial charge is 0.369 e. The van der Waals surface area contributed by atoms with E-state index >= 15 is 0 Å². The molecule has 0 fully saturated rings.